The number of nitrogens with zero attached hydrogens (tertiary/aromatic N) is 6. The minimum absolute atomic E-state index is 0.172. The summed E-state index contributed by atoms with van der Waals surface area (Å²) < 4.78 is 1.67. The van der Waals surface area contributed by atoms with Crippen LogP contribution in [0.15, 0.2) is 40.6 Å². The smallest absolute Gasteiger partial charge is 0.253 e. The van der Waals surface area contributed by atoms with Crippen LogP contribution < -0.4 is 10.3 Å². The van der Waals surface area contributed by atoms with Crippen molar-refractivity contribution in [3.8, 4) is 0 Å². The second kappa shape index (κ2) is 8.17. The predicted molar refractivity (Wildman–Crippen MR) is 107 cm³/mol. The molecular formula is C18H21N7OS. The monoisotopic (exact) mass is 383 g/mol. The van der Waals surface area contributed by atoms with Crippen LogP contribution in [0.3, 0.4) is 0 Å². The number of hydrogen-bond donors (Lipinski definition) is 1. The molecule has 0 aliphatic heterocycles. The van der Waals surface area contributed by atoms with E-state index in [0.717, 1.165) is 22.6 Å². The number of anilines is 1. The van der Waals surface area contributed by atoms with Crippen LogP contribution in [0.5, 0.6) is 0 Å². The van der Waals surface area contributed by atoms with Crippen molar-refractivity contribution in [2.45, 2.75) is 19.0 Å². The molecule has 0 bridgehead atoms. The van der Waals surface area contributed by atoms with Gasteiger partial charge in [0.15, 0.2) is 0 Å². The summed E-state index contributed by atoms with van der Waals surface area (Å²) in [5.74, 6) is 0.488. The first-order chi connectivity index (χ1) is 12.9. The summed E-state index contributed by atoms with van der Waals surface area (Å²) in [7, 11) is 3.97. The lowest BCUT2D eigenvalue weighted by Crippen LogP contribution is -2.19. The van der Waals surface area contributed by atoms with Gasteiger partial charge in [0.05, 0.1) is 12.0 Å². The zero-order chi connectivity index (χ0) is 19.4. The quantitative estimate of drug-likeness (QED) is 0.398. The SMILES string of the molecule is Cc1cc(C)n2nc(SCC(=O)N/N=C\c3ccc(N(C)C)cc3)nc2n1. The number of hydrazone groups is 1. The second-order valence-electron chi connectivity index (χ2n) is 6.21. The minimum Gasteiger partial charge on any atom is -0.378 e. The fraction of sp³-hybridized carbons (Fsp3) is 0.278. The summed E-state index contributed by atoms with van der Waals surface area (Å²) in [6.07, 6.45) is 1.61. The highest BCUT2D eigenvalue weighted by Crippen LogP contribution is 2.15. The molecule has 0 radical (unpaired) electrons. The Morgan fingerprint density at radius 3 is 2.70 bits per heavy atom. The molecule has 0 saturated carbocycles. The Morgan fingerprint density at radius 2 is 2.00 bits per heavy atom. The molecule has 1 N–H and O–H groups in total. The minimum atomic E-state index is -0.221. The molecule has 1 aromatic carbocycles. The highest BCUT2D eigenvalue weighted by molar-refractivity contribution is 7.99. The molecule has 0 saturated heterocycles. The van der Waals surface area contributed by atoms with E-state index in [4.69, 9.17) is 0 Å². The number of aryl methyl sites for hydroxylation is 2. The molecule has 2 heterocycles. The maximum atomic E-state index is 12.0. The molecule has 3 aromatic rings. The van der Waals surface area contributed by atoms with Gasteiger partial charge in [0.2, 0.25) is 5.16 Å². The van der Waals surface area contributed by atoms with Crippen LogP contribution in [-0.2, 0) is 4.79 Å². The summed E-state index contributed by atoms with van der Waals surface area (Å²) in [6, 6.07) is 9.80. The number of thioether (sulfide) groups is 1. The van der Waals surface area contributed by atoms with Gasteiger partial charge in [-0.3, -0.25) is 4.79 Å². The first-order valence-electron chi connectivity index (χ1n) is 8.35. The first-order valence-corrected chi connectivity index (χ1v) is 9.34. The van der Waals surface area contributed by atoms with Gasteiger partial charge in [-0.25, -0.2) is 14.9 Å². The van der Waals surface area contributed by atoms with E-state index in [1.165, 1.54) is 11.8 Å². The number of aromatic nitrogens is 4. The van der Waals surface area contributed by atoms with Gasteiger partial charge < -0.3 is 4.90 Å². The molecule has 1 amide bonds. The van der Waals surface area contributed by atoms with Crippen LogP contribution in [0.4, 0.5) is 5.69 Å². The molecule has 3 rings (SSSR count). The zero-order valence-electron chi connectivity index (χ0n) is 15.7. The summed E-state index contributed by atoms with van der Waals surface area (Å²) >= 11 is 1.25. The fourth-order valence-corrected chi connectivity index (χ4v) is 3.02. The van der Waals surface area contributed by atoms with Crippen LogP contribution in [0.25, 0.3) is 5.78 Å². The van der Waals surface area contributed by atoms with Gasteiger partial charge >= 0.3 is 0 Å². The lowest BCUT2D eigenvalue weighted by atomic mass is 10.2. The Kier molecular flexibility index (Phi) is 5.70. The van der Waals surface area contributed by atoms with Crippen molar-refractivity contribution in [1.29, 1.82) is 0 Å². The molecule has 27 heavy (non-hydrogen) atoms. The molecule has 8 nitrogen and oxygen atoms in total. The third-order valence-electron chi connectivity index (χ3n) is 3.74. The van der Waals surface area contributed by atoms with Crippen molar-refractivity contribution in [2.75, 3.05) is 24.7 Å². The Morgan fingerprint density at radius 1 is 1.26 bits per heavy atom. The zero-order valence-corrected chi connectivity index (χ0v) is 16.5. The normalized spacial score (nSPS) is 11.3. The summed E-state index contributed by atoms with van der Waals surface area (Å²) in [6.45, 7) is 3.85. The molecule has 0 aliphatic rings. The number of rotatable bonds is 6. The number of amides is 1. The van der Waals surface area contributed by atoms with E-state index in [9.17, 15) is 4.79 Å². The van der Waals surface area contributed by atoms with Gasteiger partial charge in [-0.05, 0) is 37.6 Å². The largest absolute Gasteiger partial charge is 0.378 e. The van der Waals surface area contributed by atoms with Crippen molar-refractivity contribution in [3.63, 3.8) is 0 Å². The molecule has 2 aromatic heterocycles. The first kappa shape index (κ1) is 18.8. The standard InChI is InChI=1S/C18H21N7OS/c1-12-9-13(2)25-17(20-12)21-18(23-25)27-11-16(26)22-19-10-14-5-7-15(8-6-14)24(3)4/h5-10H,11H2,1-4H3,(H,22,26)/b19-10-. The van der Waals surface area contributed by atoms with Crippen molar-refractivity contribution in [3.05, 3.63) is 47.3 Å². The van der Waals surface area contributed by atoms with E-state index in [1.807, 2.05) is 63.2 Å². The number of nitrogens with one attached hydrogen (secondary N) is 1. The van der Waals surface area contributed by atoms with Crippen molar-refractivity contribution in [1.82, 2.24) is 25.0 Å². The van der Waals surface area contributed by atoms with E-state index in [1.54, 1.807) is 10.7 Å². The molecule has 0 aliphatic carbocycles. The maximum absolute atomic E-state index is 12.0. The molecule has 9 heteroatoms. The van der Waals surface area contributed by atoms with Gasteiger partial charge in [0, 0.05) is 31.2 Å². The van der Waals surface area contributed by atoms with Gasteiger partial charge in [-0.2, -0.15) is 10.1 Å². The average molecular weight is 383 g/mol. The van der Waals surface area contributed by atoms with E-state index in [2.05, 4.69) is 25.6 Å². The molecular weight excluding hydrogens is 362 g/mol. The van der Waals surface area contributed by atoms with Crippen LogP contribution in [0, 0.1) is 13.8 Å². The predicted octanol–water partition coefficient (Wildman–Crippen LogP) is 2.05. The van der Waals surface area contributed by atoms with E-state index >= 15 is 0 Å². The van der Waals surface area contributed by atoms with Crippen LogP contribution in [0.1, 0.15) is 17.0 Å². The van der Waals surface area contributed by atoms with Crippen LogP contribution >= 0.6 is 11.8 Å². The number of hydrogen-bond acceptors (Lipinski definition) is 7. The van der Waals surface area contributed by atoms with Crippen LogP contribution in [0.2, 0.25) is 0 Å². The van der Waals surface area contributed by atoms with E-state index in [0.29, 0.717) is 10.9 Å². The summed E-state index contributed by atoms with van der Waals surface area (Å²) in [4.78, 5) is 22.6. The third kappa shape index (κ3) is 4.82. The van der Waals surface area contributed by atoms with E-state index < -0.39 is 0 Å². The van der Waals surface area contributed by atoms with Gasteiger partial charge in [-0.1, -0.05) is 23.9 Å². The third-order valence-corrected chi connectivity index (χ3v) is 4.58. The van der Waals surface area contributed by atoms with Crippen molar-refractivity contribution >= 4 is 35.3 Å². The highest BCUT2D eigenvalue weighted by Gasteiger charge is 2.10. The Bertz CT molecular complexity index is 979. The molecule has 0 atom stereocenters. The van der Waals surface area contributed by atoms with Crippen molar-refractivity contribution in [2.24, 2.45) is 5.10 Å². The van der Waals surface area contributed by atoms with Gasteiger partial charge in [0.1, 0.15) is 0 Å². The second-order valence-corrected chi connectivity index (χ2v) is 7.16. The number of carbonyl (C=O) groups excluding carboxylic acids is 1. The highest BCUT2D eigenvalue weighted by atomic mass is 32.2. The number of fused-ring (bicyclic) bond motifs is 1. The Hall–Kier alpha value is -2.94. The fourth-order valence-electron chi connectivity index (χ4n) is 2.41. The maximum Gasteiger partial charge on any atom is 0.253 e. The lowest BCUT2D eigenvalue weighted by molar-refractivity contribution is -0.118. The van der Waals surface area contributed by atoms with Gasteiger partial charge in [-0.15, -0.1) is 5.10 Å². The van der Waals surface area contributed by atoms with E-state index in [-0.39, 0.29) is 11.7 Å². The lowest BCUT2D eigenvalue weighted by Gasteiger charge is -2.11. The Labute approximate surface area is 161 Å². The molecule has 0 fully saturated rings. The summed E-state index contributed by atoms with van der Waals surface area (Å²) in [5, 5.41) is 8.86. The Balaban J connectivity index is 1.53. The van der Waals surface area contributed by atoms with Crippen LogP contribution in [-0.4, -0.2) is 51.6 Å². The average Bonchev–Trinajstić information content (AvgIpc) is 3.03. The number of benzene rings is 1. The molecule has 140 valence electrons. The summed E-state index contributed by atoms with van der Waals surface area (Å²) in [5.41, 5.74) is 6.36. The number of carbonyl (C=O) groups is 1. The molecule has 0 unspecified atom stereocenters. The van der Waals surface area contributed by atoms with Gasteiger partial charge in [0.25, 0.3) is 11.7 Å². The molecule has 0 spiro atoms. The van der Waals surface area contributed by atoms with Crippen molar-refractivity contribution < 1.29 is 4.79 Å². The topological polar surface area (TPSA) is 87.8 Å².